The van der Waals surface area contributed by atoms with Gasteiger partial charge in [-0.1, -0.05) is 31.2 Å². The van der Waals surface area contributed by atoms with E-state index >= 15 is 0 Å². The third kappa shape index (κ3) is 6.15. The van der Waals surface area contributed by atoms with Gasteiger partial charge < -0.3 is 10.1 Å². The van der Waals surface area contributed by atoms with Crippen LogP contribution in [0, 0.1) is 5.92 Å². The topological polar surface area (TPSA) is 38.3 Å². The molecule has 1 amide bonds. The van der Waals surface area contributed by atoms with Crippen LogP contribution in [0.3, 0.4) is 0 Å². The van der Waals surface area contributed by atoms with Crippen LogP contribution in [0.15, 0.2) is 24.3 Å². The Balaban J connectivity index is 2.12. The molecule has 0 heterocycles. The molecule has 0 aromatic heterocycles. The first kappa shape index (κ1) is 13.8. The Bertz CT molecular complexity index is 284. The molecule has 0 saturated heterocycles. The lowest BCUT2D eigenvalue weighted by molar-refractivity contribution is 0.106. The Hall–Kier alpha value is -1.25. The molecule has 1 rings (SSSR count). The van der Waals surface area contributed by atoms with Crippen molar-refractivity contribution in [1.29, 1.82) is 0 Å². The Morgan fingerprint density at radius 1 is 1.59 bits per heavy atom. The summed E-state index contributed by atoms with van der Waals surface area (Å²) >= 11 is 0. The van der Waals surface area contributed by atoms with Gasteiger partial charge in [0.25, 0.3) is 0 Å². The maximum atomic E-state index is 11.3. The molecule has 1 aliphatic rings. The van der Waals surface area contributed by atoms with Crippen molar-refractivity contribution >= 4 is 6.09 Å². The second kappa shape index (κ2) is 7.93. The smallest absolute Gasteiger partial charge is 0.407 e. The SMILES string of the molecule is CCC(C)OC(=O)NCC=CC1CC=CCC1. The fourth-order valence-electron chi connectivity index (χ4n) is 1.70. The molecule has 1 N–H and O–H groups in total. The molecule has 0 spiro atoms. The summed E-state index contributed by atoms with van der Waals surface area (Å²) in [7, 11) is 0. The summed E-state index contributed by atoms with van der Waals surface area (Å²) in [4.78, 5) is 11.3. The Morgan fingerprint density at radius 3 is 3.06 bits per heavy atom. The van der Waals surface area contributed by atoms with Gasteiger partial charge in [-0.3, -0.25) is 0 Å². The van der Waals surface area contributed by atoms with Gasteiger partial charge in [-0.05, 0) is 38.5 Å². The normalized spacial score (nSPS) is 21.4. The number of rotatable bonds is 5. The lowest BCUT2D eigenvalue weighted by atomic mass is 9.94. The summed E-state index contributed by atoms with van der Waals surface area (Å²) in [6.45, 7) is 4.44. The average Bonchev–Trinajstić information content (AvgIpc) is 2.36. The summed E-state index contributed by atoms with van der Waals surface area (Å²) in [5, 5.41) is 2.72. The number of alkyl carbamates (subject to hydrolysis) is 1. The molecule has 0 aromatic carbocycles. The van der Waals surface area contributed by atoms with Crippen LogP contribution in [-0.4, -0.2) is 18.7 Å². The highest BCUT2D eigenvalue weighted by Crippen LogP contribution is 2.18. The number of hydrogen-bond acceptors (Lipinski definition) is 2. The molecule has 3 nitrogen and oxygen atoms in total. The maximum Gasteiger partial charge on any atom is 0.407 e. The van der Waals surface area contributed by atoms with Gasteiger partial charge in [0.15, 0.2) is 0 Å². The fourth-order valence-corrected chi connectivity index (χ4v) is 1.70. The van der Waals surface area contributed by atoms with Gasteiger partial charge in [0.2, 0.25) is 0 Å². The van der Waals surface area contributed by atoms with Gasteiger partial charge in [-0.25, -0.2) is 4.79 Å². The summed E-state index contributed by atoms with van der Waals surface area (Å²) in [5.41, 5.74) is 0. The Labute approximate surface area is 104 Å². The van der Waals surface area contributed by atoms with Gasteiger partial charge in [0.1, 0.15) is 6.10 Å². The number of hydrogen-bond donors (Lipinski definition) is 1. The number of amides is 1. The predicted octanol–water partition coefficient (Wildman–Crippen LogP) is 3.42. The van der Waals surface area contributed by atoms with Crippen LogP contribution < -0.4 is 5.32 Å². The number of allylic oxidation sites excluding steroid dienone is 3. The quantitative estimate of drug-likeness (QED) is 0.744. The zero-order valence-corrected chi connectivity index (χ0v) is 10.8. The van der Waals surface area contributed by atoms with E-state index in [-0.39, 0.29) is 12.2 Å². The van der Waals surface area contributed by atoms with Crippen LogP contribution in [0.1, 0.15) is 39.5 Å². The van der Waals surface area contributed by atoms with Crippen LogP contribution in [-0.2, 0) is 4.74 Å². The Morgan fingerprint density at radius 2 is 2.41 bits per heavy atom. The van der Waals surface area contributed by atoms with Gasteiger partial charge in [0, 0.05) is 6.54 Å². The second-order valence-corrected chi connectivity index (χ2v) is 4.48. The van der Waals surface area contributed by atoms with Crippen molar-refractivity contribution in [3.8, 4) is 0 Å². The van der Waals surface area contributed by atoms with E-state index in [9.17, 15) is 4.79 Å². The second-order valence-electron chi connectivity index (χ2n) is 4.48. The summed E-state index contributed by atoms with van der Waals surface area (Å²) in [6.07, 6.45) is 12.7. The highest BCUT2D eigenvalue weighted by atomic mass is 16.6. The number of carbonyl (C=O) groups excluding carboxylic acids is 1. The van der Waals surface area contributed by atoms with Crippen molar-refractivity contribution in [2.75, 3.05) is 6.54 Å². The van der Waals surface area contributed by atoms with Crippen LogP contribution in [0.2, 0.25) is 0 Å². The molecular weight excluding hydrogens is 214 g/mol. The van der Waals surface area contributed by atoms with E-state index in [0.29, 0.717) is 12.5 Å². The number of ether oxygens (including phenoxy) is 1. The molecule has 0 aromatic rings. The zero-order chi connectivity index (χ0) is 12.5. The standard InChI is InChI=1S/C14H23NO2/c1-3-12(2)17-14(16)15-11-7-10-13-8-5-4-6-9-13/h4-5,7,10,12-13H,3,6,8-9,11H2,1-2H3,(H,15,16). The molecule has 0 bridgehead atoms. The molecule has 0 aliphatic heterocycles. The monoisotopic (exact) mass is 237 g/mol. The van der Waals surface area contributed by atoms with E-state index in [1.807, 2.05) is 19.9 Å². The van der Waals surface area contributed by atoms with Gasteiger partial charge in [-0.15, -0.1) is 0 Å². The first-order chi connectivity index (χ1) is 8.22. The van der Waals surface area contributed by atoms with Crippen LogP contribution in [0.4, 0.5) is 4.79 Å². The molecular formula is C14H23NO2. The summed E-state index contributed by atoms with van der Waals surface area (Å²) in [6, 6.07) is 0. The molecule has 0 saturated carbocycles. The highest BCUT2D eigenvalue weighted by molar-refractivity contribution is 5.67. The van der Waals surface area contributed by atoms with Gasteiger partial charge in [-0.2, -0.15) is 0 Å². The molecule has 17 heavy (non-hydrogen) atoms. The predicted molar refractivity (Wildman–Crippen MR) is 69.9 cm³/mol. The lowest BCUT2D eigenvalue weighted by Crippen LogP contribution is -2.27. The largest absolute Gasteiger partial charge is 0.447 e. The summed E-state index contributed by atoms with van der Waals surface area (Å²) in [5.74, 6) is 0.632. The molecule has 3 heteroatoms. The van der Waals surface area contributed by atoms with E-state index in [1.165, 1.54) is 12.8 Å². The molecule has 96 valence electrons. The van der Waals surface area contributed by atoms with Crippen molar-refractivity contribution < 1.29 is 9.53 Å². The van der Waals surface area contributed by atoms with Crippen molar-refractivity contribution in [2.24, 2.45) is 5.92 Å². The minimum Gasteiger partial charge on any atom is -0.447 e. The molecule has 2 unspecified atom stereocenters. The van der Waals surface area contributed by atoms with E-state index in [0.717, 1.165) is 12.8 Å². The Kier molecular flexibility index (Phi) is 6.45. The number of carbonyl (C=O) groups is 1. The van der Waals surface area contributed by atoms with Crippen molar-refractivity contribution in [3.05, 3.63) is 24.3 Å². The van der Waals surface area contributed by atoms with Crippen molar-refractivity contribution in [3.63, 3.8) is 0 Å². The molecule has 2 atom stereocenters. The van der Waals surface area contributed by atoms with E-state index in [2.05, 4.69) is 23.5 Å². The van der Waals surface area contributed by atoms with Crippen molar-refractivity contribution in [2.45, 2.75) is 45.6 Å². The lowest BCUT2D eigenvalue weighted by Gasteiger charge is -2.13. The first-order valence-corrected chi connectivity index (χ1v) is 6.48. The minimum absolute atomic E-state index is 0.0116. The van der Waals surface area contributed by atoms with Crippen LogP contribution in [0.5, 0.6) is 0 Å². The molecule has 0 fully saturated rings. The number of nitrogens with one attached hydrogen (secondary N) is 1. The van der Waals surface area contributed by atoms with Crippen molar-refractivity contribution in [1.82, 2.24) is 5.32 Å². The minimum atomic E-state index is -0.326. The van der Waals surface area contributed by atoms with Crippen LogP contribution >= 0.6 is 0 Å². The van der Waals surface area contributed by atoms with Gasteiger partial charge >= 0.3 is 6.09 Å². The summed E-state index contributed by atoms with van der Waals surface area (Å²) < 4.78 is 5.10. The third-order valence-corrected chi connectivity index (χ3v) is 2.97. The zero-order valence-electron chi connectivity index (χ0n) is 10.8. The fraction of sp³-hybridized carbons (Fsp3) is 0.643. The average molecular weight is 237 g/mol. The molecule has 0 radical (unpaired) electrons. The first-order valence-electron chi connectivity index (χ1n) is 6.48. The van der Waals surface area contributed by atoms with Gasteiger partial charge in [0.05, 0.1) is 0 Å². The van der Waals surface area contributed by atoms with E-state index in [1.54, 1.807) is 0 Å². The third-order valence-electron chi connectivity index (χ3n) is 2.97. The van der Waals surface area contributed by atoms with Crippen LogP contribution in [0.25, 0.3) is 0 Å². The molecule has 1 aliphatic carbocycles. The van der Waals surface area contributed by atoms with E-state index < -0.39 is 0 Å². The highest BCUT2D eigenvalue weighted by Gasteiger charge is 2.06. The maximum absolute atomic E-state index is 11.3. The van der Waals surface area contributed by atoms with E-state index in [4.69, 9.17) is 4.74 Å².